The van der Waals surface area contributed by atoms with Gasteiger partial charge >= 0.3 is 0 Å². The van der Waals surface area contributed by atoms with Gasteiger partial charge in [-0.2, -0.15) is 0 Å². The van der Waals surface area contributed by atoms with Gasteiger partial charge < -0.3 is 20.1 Å². The minimum absolute atomic E-state index is 0. The summed E-state index contributed by atoms with van der Waals surface area (Å²) in [4.78, 5) is 12.4. The Labute approximate surface area is 130 Å². The second-order valence-electron chi connectivity index (χ2n) is 5.67. The molecule has 1 saturated heterocycles. The normalized spacial score (nSPS) is 23.3. The molecular formula is C15H21ClN2O3. The highest BCUT2D eigenvalue weighted by atomic mass is 35.5. The van der Waals surface area contributed by atoms with Crippen molar-refractivity contribution < 1.29 is 14.3 Å². The van der Waals surface area contributed by atoms with E-state index in [1.807, 2.05) is 25.1 Å². The van der Waals surface area contributed by atoms with Crippen LogP contribution < -0.4 is 20.1 Å². The first-order valence-corrected chi connectivity index (χ1v) is 7.06. The van der Waals surface area contributed by atoms with Gasteiger partial charge in [-0.3, -0.25) is 4.79 Å². The number of ether oxygens (including phenoxy) is 2. The SMILES string of the molecule is CC1(C(=O)NCc2cccc3c2OCO3)CCCNC1.Cl. The largest absolute Gasteiger partial charge is 0.454 e. The molecule has 2 aliphatic heterocycles. The fourth-order valence-electron chi connectivity index (χ4n) is 2.77. The van der Waals surface area contributed by atoms with Crippen molar-refractivity contribution in [2.45, 2.75) is 26.3 Å². The average molecular weight is 313 g/mol. The number of carbonyl (C=O) groups excluding carboxylic acids is 1. The molecule has 6 heteroatoms. The first kappa shape index (κ1) is 15.9. The second-order valence-corrected chi connectivity index (χ2v) is 5.67. The Bertz CT molecular complexity index is 516. The highest BCUT2D eigenvalue weighted by Gasteiger charge is 2.34. The van der Waals surface area contributed by atoms with E-state index in [1.165, 1.54) is 0 Å². The fraction of sp³-hybridized carbons (Fsp3) is 0.533. The minimum Gasteiger partial charge on any atom is -0.454 e. The molecule has 0 bridgehead atoms. The number of fused-ring (bicyclic) bond motifs is 1. The number of nitrogens with one attached hydrogen (secondary N) is 2. The first-order valence-electron chi connectivity index (χ1n) is 7.06. The number of para-hydroxylation sites is 1. The summed E-state index contributed by atoms with van der Waals surface area (Å²) in [6.45, 7) is 4.48. The van der Waals surface area contributed by atoms with Gasteiger partial charge in [0.1, 0.15) is 0 Å². The topological polar surface area (TPSA) is 59.6 Å². The van der Waals surface area contributed by atoms with Crippen LogP contribution in [0.15, 0.2) is 18.2 Å². The quantitative estimate of drug-likeness (QED) is 0.894. The zero-order valence-electron chi connectivity index (χ0n) is 12.1. The Morgan fingerprint density at radius 2 is 2.29 bits per heavy atom. The summed E-state index contributed by atoms with van der Waals surface area (Å²) in [5.41, 5.74) is 0.647. The molecule has 2 aliphatic rings. The van der Waals surface area contributed by atoms with Crippen LogP contribution in [0.4, 0.5) is 0 Å². The summed E-state index contributed by atoms with van der Waals surface area (Å²) in [5.74, 6) is 1.60. The number of piperidine rings is 1. The number of benzene rings is 1. The summed E-state index contributed by atoms with van der Waals surface area (Å²) >= 11 is 0. The number of hydrogen-bond acceptors (Lipinski definition) is 4. The van der Waals surface area contributed by atoms with Crippen LogP contribution in [0.3, 0.4) is 0 Å². The van der Waals surface area contributed by atoms with Crippen LogP contribution in [0.2, 0.25) is 0 Å². The van der Waals surface area contributed by atoms with Gasteiger partial charge in [0.05, 0.1) is 5.41 Å². The van der Waals surface area contributed by atoms with Crippen LogP contribution in [0.25, 0.3) is 0 Å². The molecule has 1 amide bonds. The van der Waals surface area contributed by atoms with Gasteiger partial charge in [0.15, 0.2) is 11.5 Å². The van der Waals surface area contributed by atoms with Crippen molar-refractivity contribution in [1.29, 1.82) is 0 Å². The van der Waals surface area contributed by atoms with E-state index in [9.17, 15) is 4.79 Å². The number of hydrogen-bond donors (Lipinski definition) is 2. The van der Waals surface area contributed by atoms with Gasteiger partial charge in [0.25, 0.3) is 0 Å². The lowest BCUT2D eigenvalue weighted by Crippen LogP contribution is -2.48. The summed E-state index contributed by atoms with van der Waals surface area (Å²) in [5, 5.41) is 6.31. The highest BCUT2D eigenvalue weighted by molar-refractivity contribution is 5.85. The maximum atomic E-state index is 12.4. The average Bonchev–Trinajstić information content (AvgIpc) is 2.94. The predicted octanol–water partition coefficient (Wildman–Crippen LogP) is 1.84. The molecule has 1 unspecified atom stereocenters. The molecule has 0 aliphatic carbocycles. The van der Waals surface area contributed by atoms with Crippen LogP contribution in [0, 0.1) is 5.41 Å². The molecule has 3 rings (SSSR count). The third-order valence-corrected chi connectivity index (χ3v) is 4.06. The lowest BCUT2D eigenvalue weighted by Gasteiger charge is -2.32. The molecule has 5 nitrogen and oxygen atoms in total. The third kappa shape index (κ3) is 3.24. The monoisotopic (exact) mass is 312 g/mol. The molecule has 0 aromatic heterocycles. The van der Waals surface area contributed by atoms with E-state index < -0.39 is 0 Å². The van der Waals surface area contributed by atoms with Crippen LogP contribution >= 0.6 is 12.4 Å². The molecule has 0 radical (unpaired) electrons. The van der Waals surface area contributed by atoms with Crippen molar-refractivity contribution in [3.05, 3.63) is 23.8 Å². The van der Waals surface area contributed by atoms with Crippen molar-refractivity contribution in [3.8, 4) is 11.5 Å². The molecular weight excluding hydrogens is 292 g/mol. The number of amides is 1. The first-order chi connectivity index (χ1) is 9.69. The maximum absolute atomic E-state index is 12.4. The van der Waals surface area contributed by atoms with Crippen LogP contribution in [-0.2, 0) is 11.3 Å². The maximum Gasteiger partial charge on any atom is 0.231 e. The highest BCUT2D eigenvalue weighted by Crippen LogP contribution is 2.35. The lowest BCUT2D eigenvalue weighted by atomic mass is 9.82. The molecule has 1 aromatic carbocycles. The molecule has 21 heavy (non-hydrogen) atoms. The van der Waals surface area contributed by atoms with Crippen molar-refractivity contribution in [2.75, 3.05) is 19.9 Å². The zero-order valence-corrected chi connectivity index (χ0v) is 12.9. The molecule has 0 spiro atoms. The predicted molar refractivity (Wildman–Crippen MR) is 81.9 cm³/mol. The van der Waals surface area contributed by atoms with Crippen LogP contribution in [-0.4, -0.2) is 25.8 Å². The van der Waals surface area contributed by atoms with E-state index in [-0.39, 0.29) is 30.5 Å². The molecule has 2 heterocycles. The number of halogens is 1. The Morgan fingerprint density at radius 3 is 3.05 bits per heavy atom. The van der Waals surface area contributed by atoms with Gasteiger partial charge in [-0.05, 0) is 32.4 Å². The van der Waals surface area contributed by atoms with Gasteiger partial charge in [-0.25, -0.2) is 0 Å². The molecule has 1 fully saturated rings. The smallest absolute Gasteiger partial charge is 0.231 e. The summed E-state index contributed by atoms with van der Waals surface area (Å²) < 4.78 is 10.8. The molecule has 1 aromatic rings. The number of carbonyl (C=O) groups is 1. The van der Waals surface area contributed by atoms with Crippen LogP contribution in [0.1, 0.15) is 25.3 Å². The molecule has 0 saturated carbocycles. The molecule has 1 atom stereocenters. The standard InChI is InChI=1S/C15H20N2O3.ClH/c1-15(6-3-7-16-9-15)14(18)17-8-11-4-2-5-12-13(11)20-10-19-12;/h2,4-5,16H,3,6-10H2,1H3,(H,17,18);1H. The van der Waals surface area contributed by atoms with Crippen molar-refractivity contribution in [3.63, 3.8) is 0 Å². The summed E-state index contributed by atoms with van der Waals surface area (Å²) in [7, 11) is 0. The van der Waals surface area contributed by atoms with E-state index in [0.717, 1.165) is 43.0 Å². The third-order valence-electron chi connectivity index (χ3n) is 4.06. The van der Waals surface area contributed by atoms with E-state index in [0.29, 0.717) is 6.54 Å². The van der Waals surface area contributed by atoms with Crippen molar-refractivity contribution >= 4 is 18.3 Å². The fourth-order valence-corrected chi connectivity index (χ4v) is 2.77. The Balaban J connectivity index is 0.00000161. The lowest BCUT2D eigenvalue weighted by molar-refractivity contribution is -0.131. The molecule has 116 valence electrons. The minimum atomic E-state index is -0.312. The van der Waals surface area contributed by atoms with Gasteiger partial charge in [-0.1, -0.05) is 12.1 Å². The molecule has 2 N–H and O–H groups in total. The van der Waals surface area contributed by atoms with Gasteiger partial charge in [0.2, 0.25) is 12.7 Å². The van der Waals surface area contributed by atoms with E-state index in [1.54, 1.807) is 0 Å². The van der Waals surface area contributed by atoms with E-state index in [4.69, 9.17) is 9.47 Å². The Kier molecular flexibility index (Phi) is 4.96. The van der Waals surface area contributed by atoms with E-state index >= 15 is 0 Å². The van der Waals surface area contributed by atoms with Gasteiger partial charge in [-0.15, -0.1) is 12.4 Å². The zero-order chi connectivity index (χ0) is 14.0. The van der Waals surface area contributed by atoms with Crippen molar-refractivity contribution in [1.82, 2.24) is 10.6 Å². The second kappa shape index (κ2) is 6.54. The summed E-state index contributed by atoms with van der Waals surface area (Å²) in [6.07, 6.45) is 1.97. The van der Waals surface area contributed by atoms with Crippen LogP contribution in [0.5, 0.6) is 11.5 Å². The van der Waals surface area contributed by atoms with E-state index in [2.05, 4.69) is 10.6 Å². The Hall–Kier alpha value is -1.46. The summed E-state index contributed by atoms with van der Waals surface area (Å²) in [6, 6.07) is 5.74. The van der Waals surface area contributed by atoms with Crippen molar-refractivity contribution in [2.24, 2.45) is 5.41 Å². The Morgan fingerprint density at radius 1 is 1.43 bits per heavy atom. The van der Waals surface area contributed by atoms with Gasteiger partial charge in [0, 0.05) is 18.7 Å². The number of rotatable bonds is 3.